The minimum Gasteiger partial charge on any atom is -0.480 e. The van der Waals surface area contributed by atoms with Gasteiger partial charge in [-0.1, -0.05) is 62.7 Å². The number of carboxylic acid groups (broad SMARTS) is 1. The molecule has 0 bridgehead atoms. The number of aliphatic carboxylic acids is 1. The SMILES string of the molecule is CCC(C)C(NC(=O)c1ccc(C(=O)c2ccccc2)cc1)c1nc(C(=O)N[C@@H](CCCN=C(N)N)C(=O)O)co1. The lowest BCUT2D eigenvalue weighted by molar-refractivity contribution is -0.139. The highest BCUT2D eigenvalue weighted by atomic mass is 16.4. The van der Waals surface area contributed by atoms with Gasteiger partial charge in [0.1, 0.15) is 18.3 Å². The summed E-state index contributed by atoms with van der Waals surface area (Å²) in [7, 11) is 0. The summed E-state index contributed by atoms with van der Waals surface area (Å²) in [6, 6.07) is 13.3. The number of aromatic nitrogens is 1. The molecule has 2 amide bonds. The van der Waals surface area contributed by atoms with E-state index in [2.05, 4.69) is 20.6 Å². The van der Waals surface area contributed by atoms with Crippen molar-refractivity contribution in [1.82, 2.24) is 15.6 Å². The molecule has 2 aromatic carbocycles. The molecule has 0 spiro atoms. The second-order valence-electron chi connectivity index (χ2n) is 9.49. The molecule has 7 N–H and O–H groups in total. The number of hydrogen-bond acceptors (Lipinski definition) is 7. The van der Waals surface area contributed by atoms with Gasteiger partial charge in [-0.15, -0.1) is 0 Å². The average molecular weight is 563 g/mol. The Bertz CT molecular complexity index is 1380. The summed E-state index contributed by atoms with van der Waals surface area (Å²) >= 11 is 0. The number of ketones is 1. The number of nitrogens with one attached hydrogen (secondary N) is 2. The molecule has 0 fully saturated rings. The number of nitrogens with two attached hydrogens (primary N) is 2. The lowest BCUT2D eigenvalue weighted by atomic mass is 9.98. The highest BCUT2D eigenvalue weighted by Gasteiger charge is 2.28. The molecule has 0 saturated heterocycles. The van der Waals surface area contributed by atoms with Crippen LogP contribution in [-0.4, -0.2) is 52.2 Å². The number of rotatable bonds is 14. The third kappa shape index (κ3) is 8.49. The molecule has 2 unspecified atom stereocenters. The molecule has 0 aliphatic carbocycles. The molecule has 3 aromatic rings. The van der Waals surface area contributed by atoms with Gasteiger partial charge in [0.15, 0.2) is 17.4 Å². The number of benzene rings is 2. The number of hydrogen-bond donors (Lipinski definition) is 5. The van der Waals surface area contributed by atoms with E-state index in [4.69, 9.17) is 15.9 Å². The van der Waals surface area contributed by atoms with Crippen molar-refractivity contribution in [3.8, 4) is 0 Å². The molecular formula is C29H34N6O6. The third-order valence-corrected chi connectivity index (χ3v) is 6.51. The van der Waals surface area contributed by atoms with Gasteiger partial charge in [-0.05, 0) is 30.9 Å². The lowest BCUT2D eigenvalue weighted by Gasteiger charge is -2.21. The minimum absolute atomic E-state index is 0.101. The van der Waals surface area contributed by atoms with Crippen molar-refractivity contribution in [2.45, 2.75) is 45.2 Å². The van der Waals surface area contributed by atoms with Crippen LogP contribution >= 0.6 is 0 Å². The molecule has 3 atom stereocenters. The second kappa shape index (κ2) is 14.4. The molecule has 0 saturated carbocycles. The fourth-order valence-corrected chi connectivity index (χ4v) is 3.96. The number of guanidine groups is 1. The van der Waals surface area contributed by atoms with Crippen LogP contribution in [0, 0.1) is 5.92 Å². The maximum absolute atomic E-state index is 13.1. The molecule has 0 aliphatic rings. The summed E-state index contributed by atoms with van der Waals surface area (Å²) in [6.45, 7) is 4.05. The van der Waals surface area contributed by atoms with Crippen molar-refractivity contribution in [3.05, 3.63) is 89.1 Å². The number of amides is 2. The first kappa shape index (κ1) is 30.5. The first-order valence-corrected chi connectivity index (χ1v) is 13.2. The molecule has 12 heteroatoms. The van der Waals surface area contributed by atoms with Crippen LogP contribution in [0.1, 0.15) is 81.8 Å². The van der Waals surface area contributed by atoms with E-state index in [1.54, 1.807) is 48.5 Å². The summed E-state index contributed by atoms with van der Waals surface area (Å²) in [4.78, 5) is 58.1. The fourth-order valence-electron chi connectivity index (χ4n) is 3.96. The highest BCUT2D eigenvalue weighted by Crippen LogP contribution is 2.25. The quantitative estimate of drug-likeness (QED) is 0.0847. The molecule has 0 radical (unpaired) electrons. The van der Waals surface area contributed by atoms with Gasteiger partial charge >= 0.3 is 5.97 Å². The average Bonchev–Trinajstić information content (AvgIpc) is 3.47. The van der Waals surface area contributed by atoms with Gasteiger partial charge < -0.3 is 31.6 Å². The van der Waals surface area contributed by atoms with Crippen molar-refractivity contribution in [2.24, 2.45) is 22.4 Å². The summed E-state index contributed by atoms with van der Waals surface area (Å²) < 4.78 is 5.55. The predicted molar refractivity (Wildman–Crippen MR) is 151 cm³/mol. The number of carboxylic acids is 1. The maximum Gasteiger partial charge on any atom is 0.326 e. The zero-order valence-electron chi connectivity index (χ0n) is 22.9. The molecule has 12 nitrogen and oxygen atoms in total. The Hall–Kier alpha value is -5.00. The van der Waals surface area contributed by atoms with Crippen LogP contribution in [0.3, 0.4) is 0 Å². The van der Waals surface area contributed by atoms with E-state index in [0.29, 0.717) is 29.5 Å². The Morgan fingerprint density at radius 3 is 2.20 bits per heavy atom. The van der Waals surface area contributed by atoms with Crippen LogP contribution in [0.4, 0.5) is 0 Å². The fraction of sp³-hybridized carbons (Fsp3) is 0.310. The minimum atomic E-state index is -1.21. The van der Waals surface area contributed by atoms with Crippen LogP contribution in [0.2, 0.25) is 0 Å². The third-order valence-electron chi connectivity index (χ3n) is 6.51. The van der Waals surface area contributed by atoms with Crippen LogP contribution in [0.5, 0.6) is 0 Å². The zero-order valence-corrected chi connectivity index (χ0v) is 22.9. The van der Waals surface area contributed by atoms with Gasteiger partial charge in [0, 0.05) is 23.2 Å². The summed E-state index contributed by atoms with van der Waals surface area (Å²) in [5.74, 6) is -2.63. The van der Waals surface area contributed by atoms with Gasteiger partial charge in [-0.2, -0.15) is 0 Å². The van der Waals surface area contributed by atoms with Crippen molar-refractivity contribution in [3.63, 3.8) is 0 Å². The van der Waals surface area contributed by atoms with Gasteiger partial charge in [0.25, 0.3) is 11.8 Å². The Morgan fingerprint density at radius 2 is 1.59 bits per heavy atom. The van der Waals surface area contributed by atoms with Crippen LogP contribution < -0.4 is 22.1 Å². The molecule has 3 rings (SSSR count). The molecule has 1 heterocycles. The van der Waals surface area contributed by atoms with E-state index in [-0.39, 0.29) is 42.2 Å². The van der Waals surface area contributed by atoms with E-state index in [1.807, 2.05) is 19.9 Å². The number of aliphatic imine (C=N–C) groups is 1. The van der Waals surface area contributed by atoms with Crippen molar-refractivity contribution >= 4 is 29.5 Å². The van der Waals surface area contributed by atoms with Gasteiger partial charge in [-0.3, -0.25) is 19.4 Å². The Kier molecular flexibility index (Phi) is 10.7. The number of oxazole rings is 1. The van der Waals surface area contributed by atoms with Crippen molar-refractivity contribution in [1.29, 1.82) is 0 Å². The number of nitrogens with zero attached hydrogens (tertiary/aromatic N) is 2. The molecule has 0 aliphatic heterocycles. The molecule has 1 aromatic heterocycles. The van der Waals surface area contributed by atoms with Crippen LogP contribution in [0.15, 0.2) is 70.3 Å². The smallest absolute Gasteiger partial charge is 0.326 e. The largest absolute Gasteiger partial charge is 0.480 e. The Morgan fingerprint density at radius 1 is 0.951 bits per heavy atom. The van der Waals surface area contributed by atoms with Gasteiger partial charge in [0.2, 0.25) is 5.89 Å². The first-order chi connectivity index (χ1) is 19.6. The van der Waals surface area contributed by atoms with Crippen LogP contribution in [0.25, 0.3) is 0 Å². The maximum atomic E-state index is 13.1. The predicted octanol–water partition coefficient (Wildman–Crippen LogP) is 2.66. The summed E-state index contributed by atoms with van der Waals surface area (Å²) in [6.07, 6.45) is 2.22. The summed E-state index contributed by atoms with van der Waals surface area (Å²) in [5.41, 5.74) is 11.7. The molecule has 41 heavy (non-hydrogen) atoms. The topological polar surface area (TPSA) is 203 Å². The highest BCUT2D eigenvalue weighted by molar-refractivity contribution is 6.09. The second-order valence-corrected chi connectivity index (χ2v) is 9.49. The zero-order chi connectivity index (χ0) is 29.9. The normalized spacial score (nSPS) is 12.9. The van der Waals surface area contributed by atoms with E-state index in [1.165, 1.54) is 0 Å². The Labute approximate surface area is 237 Å². The van der Waals surface area contributed by atoms with E-state index < -0.39 is 29.9 Å². The number of carbonyl (C=O) groups is 4. The standard InChI is InChI=1S/C29H34N6O6/c1-3-17(2)23(35-25(37)20-13-11-19(12-14-20)24(36)18-8-5-4-6-9-18)27-34-22(16-41-27)26(38)33-21(28(39)40)10-7-15-32-29(30)31/h4-6,8-9,11-14,16-17,21,23H,3,7,10,15H2,1-2H3,(H,33,38)(H,35,37)(H,39,40)(H4,30,31,32)/t17?,21-,23?/m0/s1. The molecular weight excluding hydrogens is 528 g/mol. The van der Waals surface area contributed by atoms with E-state index >= 15 is 0 Å². The van der Waals surface area contributed by atoms with Gasteiger partial charge in [0.05, 0.1) is 0 Å². The summed E-state index contributed by atoms with van der Waals surface area (Å²) in [5, 5.41) is 14.8. The van der Waals surface area contributed by atoms with Crippen LogP contribution in [-0.2, 0) is 4.79 Å². The molecule has 216 valence electrons. The van der Waals surface area contributed by atoms with Crippen molar-refractivity contribution < 1.29 is 28.7 Å². The van der Waals surface area contributed by atoms with E-state index in [9.17, 15) is 24.3 Å². The first-order valence-electron chi connectivity index (χ1n) is 13.2. The monoisotopic (exact) mass is 562 g/mol. The Balaban J connectivity index is 1.69. The van der Waals surface area contributed by atoms with Gasteiger partial charge in [-0.25, -0.2) is 9.78 Å². The van der Waals surface area contributed by atoms with E-state index in [0.717, 1.165) is 6.26 Å². The number of carbonyl (C=O) groups excluding carboxylic acids is 3. The lowest BCUT2D eigenvalue weighted by Crippen LogP contribution is -2.41. The van der Waals surface area contributed by atoms with Crippen molar-refractivity contribution in [2.75, 3.05) is 6.54 Å².